The molecule has 0 saturated heterocycles. The Hall–Kier alpha value is -0.180. The first-order chi connectivity index (χ1) is 6.60. The third-order valence-corrected chi connectivity index (χ3v) is 1.79. The number of hydrogen-bond acceptors (Lipinski definition) is 7. The summed E-state index contributed by atoms with van der Waals surface area (Å²) in [7, 11) is 0. The third-order valence-electron chi connectivity index (χ3n) is 1.27. The first kappa shape index (κ1) is 13.8. The van der Waals surface area contributed by atoms with Crippen LogP contribution in [-0.4, -0.2) is 29.0 Å². The predicted octanol–water partition coefficient (Wildman–Crippen LogP) is -0.162. The zero-order valence-corrected chi connectivity index (χ0v) is 9.49. The molecule has 0 aromatic heterocycles. The van der Waals surface area contributed by atoms with Gasteiger partial charge >= 0.3 is 5.09 Å². The smallest absolute Gasteiger partial charge is 0.290 e. The number of rotatable bonds is 8. The van der Waals surface area contributed by atoms with Crippen LogP contribution in [0.2, 0.25) is 0 Å². The Morgan fingerprint density at radius 3 is 1.71 bits per heavy atom. The molecule has 0 aromatic carbocycles. The fourth-order valence-electron chi connectivity index (χ4n) is 0.606. The first-order valence-corrected chi connectivity index (χ1v) is 5.40. The highest BCUT2D eigenvalue weighted by Crippen LogP contribution is 1.98. The second-order valence-electron chi connectivity index (χ2n) is 2.54. The van der Waals surface area contributed by atoms with Gasteiger partial charge in [-0.1, -0.05) is 0 Å². The molecule has 0 heterocycles. The van der Waals surface area contributed by atoms with E-state index in [4.69, 9.17) is 11.5 Å². The van der Waals surface area contributed by atoms with Crippen molar-refractivity contribution >= 4 is 25.3 Å². The average Bonchev–Trinajstić information content (AvgIpc) is 2.03. The summed E-state index contributed by atoms with van der Waals surface area (Å²) in [5.41, 5.74) is 10.8. The van der Waals surface area contributed by atoms with Crippen LogP contribution in [0.4, 0.5) is 0 Å². The zero-order chi connectivity index (χ0) is 11.0. The molecule has 0 aromatic rings. The van der Waals surface area contributed by atoms with E-state index in [1.165, 1.54) is 0 Å². The maximum Gasteiger partial charge on any atom is 0.480 e. The molecule has 2 unspecified atom stereocenters. The second kappa shape index (κ2) is 8.16. The van der Waals surface area contributed by atoms with E-state index in [0.717, 1.165) is 0 Å². The Balaban J connectivity index is 3.63. The van der Waals surface area contributed by atoms with E-state index >= 15 is 0 Å². The molecule has 0 radical (unpaired) electrons. The number of hydrogen-bond donors (Lipinski definition) is 4. The minimum absolute atomic E-state index is 0.0673. The summed E-state index contributed by atoms with van der Waals surface area (Å²) in [4.78, 5) is 20.1. The molecule has 0 spiro atoms. The van der Waals surface area contributed by atoms with Gasteiger partial charge in [-0.3, -0.25) is 11.5 Å². The maximum atomic E-state index is 10.9. The Morgan fingerprint density at radius 1 is 1.07 bits per heavy atom. The van der Waals surface area contributed by atoms with Gasteiger partial charge in [0.15, 0.2) is 0 Å². The van der Waals surface area contributed by atoms with Gasteiger partial charge in [-0.05, 0) is 11.5 Å². The van der Waals surface area contributed by atoms with E-state index in [1.807, 2.05) is 0 Å². The highest BCUT2D eigenvalue weighted by Gasteiger charge is 2.22. The molecule has 0 saturated carbocycles. The van der Waals surface area contributed by atoms with Gasteiger partial charge in [-0.25, -0.2) is 0 Å². The Kier molecular flexibility index (Phi) is 8.05. The molecule has 2 atom stereocenters. The Bertz CT molecular complexity index is 156. The van der Waals surface area contributed by atoms with E-state index < -0.39 is 12.5 Å². The largest absolute Gasteiger partial charge is 0.480 e. The maximum absolute atomic E-state index is 10.9. The SMILES string of the molecule is NC(CCS)O[N+](=O)OC(N)CCS. The molecule has 8 heteroatoms. The van der Waals surface area contributed by atoms with Gasteiger partial charge < -0.3 is 0 Å². The lowest BCUT2D eigenvalue weighted by Crippen LogP contribution is -2.34. The average molecular weight is 242 g/mol. The molecule has 0 amide bonds. The summed E-state index contributed by atoms with van der Waals surface area (Å²) in [5, 5.41) is -0.0673. The fourth-order valence-corrected chi connectivity index (χ4v) is 1.11. The highest BCUT2D eigenvalue weighted by molar-refractivity contribution is 7.80. The number of thiol groups is 2. The van der Waals surface area contributed by atoms with Gasteiger partial charge in [0.1, 0.15) is 4.91 Å². The molecular weight excluding hydrogens is 226 g/mol. The molecule has 0 rings (SSSR count). The van der Waals surface area contributed by atoms with Crippen LogP contribution in [0, 0.1) is 4.91 Å². The van der Waals surface area contributed by atoms with Crippen LogP contribution >= 0.6 is 25.3 Å². The summed E-state index contributed by atoms with van der Waals surface area (Å²) in [6.07, 6.45) is -0.554. The van der Waals surface area contributed by atoms with Gasteiger partial charge in [-0.15, -0.1) is 0 Å². The highest BCUT2D eigenvalue weighted by atomic mass is 32.1. The molecule has 0 bridgehead atoms. The summed E-state index contributed by atoms with van der Waals surface area (Å²) in [6.45, 7) is 0. The van der Waals surface area contributed by atoms with Gasteiger partial charge in [0.25, 0.3) is 0 Å². The van der Waals surface area contributed by atoms with Crippen molar-refractivity contribution in [1.82, 2.24) is 0 Å². The van der Waals surface area contributed by atoms with Crippen molar-refractivity contribution < 1.29 is 14.8 Å². The monoisotopic (exact) mass is 242 g/mol. The van der Waals surface area contributed by atoms with E-state index in [9.17, 15) is 4.91 Å². The van der Waals surface area contributed by atoms with Gasteiger partial charge in [0.2, 0.25) is 12.5 Å². The van der Waals surface area contributed by atoms with Crippen LogP contribution in [0.3, 0.4) is 0 Å². The molecule has 4 N–H and O–H groups in total. The lowest BCUT2D eigenvalue weighted by atomic mass is 10.4. The van der Waals surface area contributed by atoms with Crippen molar-refractivity contribution in [2.75, 3.05) is 11.5 Å². The standard InChI is InChI=1S/C6H15N3O3S2/c7-5(1-3-13)11-9(10)12-6(8)2-4-14/h5-6H,1-4,7-8H2,(H-,13,14)/p+1. The molecule has 0 aliphatic heterocycles. The van der Waals surface area contributed by atoms with E-state index in [1.54, 1.807) is 0 Å². The lowest BCUT2D eigenvalue weighted by Gasteiger charge is -2.04. The molecular formula is C6H16N3O3S2+. The number of nitrogens with zero attached hydrogens (tertiary/aromatic N) is 1. The van der Waals surface area contributed by atoms with Crippen LogP contribution in [0.1, 0.15) is 12.8 Å². The first-order valence-electron chi connectivity index (χ1n) is 4.13. The molecule has 14 heavy (non-hydrogen) atoms. The topological polar surface area (TPSA) is 90.6 Å². The van der Waals surface area contributed by atoms with E-state index in [2.05, 4.69) is 34.9 Å². The Morgan fingerprint density at radius 2 is 1.43 bits per heavy atom. The van der Waals surface area contributed by atoms with E-state index in [-0.39, 0.29) is 5.09 Å². The molecule has 0 aliphatic carbocycles. The van der Waals surface area contributed by atoms with Crippen molar-refractivity contribution in [1.29, 1.82) is 0 Å². The summed E-state index contributed by atoms with van der Waals surface area (Å²) in [6, 6.07) is 0. The lowest BCUT2D eigenvalue weighted by molar-refractivity contribution is -0.992. The molecule has 6 nitrogen and oxygen atoms in total. The molecule has 84 valence electrons. The van der Waals surface area contributed by atoms with Crippen LogP contribution in [0.5, 0.6) is 0 Å². The van der Waals surface area contributed by atoms with E-state index in [0.29, 0.717) is 24.3 Å². The summed E-state index contributed by atoms with van der Waals surface area (Å²) >= 11 is 7.86. The zero-order valence-electron chi connectivity index (χ0n) is 7.70. The molecule has 0 fully saturated rings. The fraction of sp³-hybridized carbons (Fsp3) is 1.00. The molecule has 0 aliphatic rings. The Labute approximate surface area is 93.6 Å². The van der Waals surface area contributed by atoms with Gasteiger partial charge in [0, 0.05) is 12.8 Å². The van der Waals surface area contributed by atoms with Gasteiger partial charge in [0.05, 0.1) is 0 Å². The quantitative estimate of drug-likeness (QED) is 0.270. The predicted molar refractivity (Wildman–Crippen MR) is 58.7 cm³/mol. The summed E-state index contributed by atoms with van der Waals surface area (Å²) in [5.74, 6) is 1.05. The van der Waals surface area contributed by atoms with Crippen LogP contribution in [0.25, 0.3) is 0 Å². The van der Waals surface area contributed by atoms with Crippen molar-refractivity contribution in [2.45, 2.75) is 25.3 Å². The van der Waals surface area contributed by atoms with Crippen molar-refractivity contribution in [3.63, 3.8) is 0 Å². The normalized spacial score (nSPS) is 14.6. The van der Waals surface area contributed by atoms with Crippen LogP contribution in [-0.2, 0) is 9.68 Å². The number of nitrogens with two attached hydrogens (primary N) is 2. The minimum Gasteiger partial charge on any atom is -0.290 e. The van der Waals surface area contributed by atoms with Crippen molar-refractivity contribution in [3.05, 3.63) is 4.91 Å². The third kappa shape index (κ3) is 7.25. The summed E-state index contributed by atoms with van der Waals surface area (Å²) < 4.78 is 0. The minimum atomic E-state index is -0.729. The van der Waals surface area contributed by atoms with Crippen LogP contribution in [0.15, 0.2) is 0 Å². The van der Waals surface area contributed by atoms with Crippen molar-refractivity contribution in [2.24, 2.45) is 11.5 Å². The van der Waals surface area contributed by atoms with Gasteiger partial charge in [-0.2, -0.15) is 34.9 Å². The van der Waals surface area contributed by atoms with Crippen molar-refractivity contribution in [3.8, 4) is 0 Å². The second-order valence-corrected chi connectivity index (χ2v) is 3.43. The van der Waals surface area contributed by atoms with Crippen LogP contribution < -0.4 is 11.5 Å².